The van der Waals surface area contributed by atoms with Crippen LogP contribution in [0, 0.1) is 0 Å². The van der Waals surface area contributed by atoms with Crippen molar-refractivity contribution in [1.29, 1.82) is 0 Å². The van der Waals surface area contributed by atoms with Gasteiger partial charge in [-0.25, -0.2) is 0 Å². The topological polar surface area (TPSA) is 84.2 Å². The van der Waals surface area contributed by atoms with Gasteiger partial charge in [0.05, 0.1) is 6.54 Å². The van der Waals surface area contributed by atoms with Crippen molar-refractivity contribution in [1.82, 2.24) is 5.32 Å². The van der Waals surface area contributed by atoms with Gasteiger partial charge in [-0.1, -0.05) is 0 Å². The van der Waals surface area contributed by atoms with Gasteiger partial charge < -0.3 is 16.4 Å². The van der Waals surface area contributed by atoms with Crippen LogP contribution in [-0.4, -0.2) is 24.9 Å². The molecule has 1 heterocycles. The number of nitrogens with two attached hydrogens (primary N) is 1. The molecule has 0 spiro atoms. The molecule has 2 amide bonds. The van der Waals surface area contributed by atoms with Gasteiger partial charge in [-0.3, -0.25) is 9.59 Å². The molecule has 1 aromatic rings. The van der Waals surface area contributed by atoms with Crippen molar-refractivity contribution < 1.29 is 9.59 Å². The van der Waals surface area contributed by atoms with Gasteiger partial charge in [0.15, 0.2) is 0 Å². The highest BCUT2D eigenvalue weighted by atomic mass is 16.2. The SMILES string of the molecule is NC(=O)CNC(=O)c1ccc2c(c1)CCCN2. The molecule has 1 aromatic carbocycles. The first-order valence-corrected chi connectivity index (χ1v) is 5.60. The molecular weight excluding hydrogens is 218 g/mol. The number of hydrogen-bond donors (Lipinski definition) is 3. The van der Waals surface area contributed by atoms with Crippen LogP contribution in [0.25, 0.3) is 0 Å². The minimum atomic E-state index is -0.544. The maximum atomic E-state index is 11.7. The van der Waals surface area contributed by atoms with Crippen LogP contribution in [0.4, 0.5) is 5.69 Å². The fourth-order valence-electron chi connectivity index (χ4n) is 1.89. The predicted octanol–water partition coefficient (Wildman–Crippen LogP) is 0.260. The van der Waals surface area contributed by atoms with E-state index >= 15 is 0 Å². The Labute approximate surface area is 99.4 Å². The van der Waals surface area contributed by atoms with E-state index in [0.29, 0.717) is 5.56 Å². The summed E-state index contributed by atoms with van der Waals surface area (Å²) in [4.78, 5) is 22.3. The van der Waals surface area contributed by atoms with Crippen LogP contribution < -0.4 is 16.4 Å². The molecule has 2 rings (SSSR count). The third-order valence-corrected chi connectivity index (χ3v) is 2.73. The van der Waals surface area contributed by atoms with E-state index in [1.807, 2.05) is 12.1 Å². The van der Waals surface area contributed by atoms with E-state index < -0.39 is 5.91 Å². The van der Waals surface area contributed by atoms with Crippen LogP contribution in [-0.2, 0) is 11.2 Å². The maximum absolute atomic E-state index is 11.7. The van der Waals surface area contributed by atoms with Gasteiger partial charge in [0, 0.05) is 17.8 Å². The van der Waals surface area contributed by atoms with Gasteiger partial charge in [0.25, 0.3) is 5.91 Å². The monoisotopic (exact) mass is 233 g/mol. The third kappa shape index (κ3) is 2.75. The summed E-state index contributed by atoms with van der Waals surface area (Å²) in [6.45, 7) is 0.842. The van der Waals surface area contributed by atoms with Crippen molar-refractivity contribution in [2.24, 2.45) is 5.73 Å². The highest BCUT2D eigenvalue weighted by molar-refractivity contribution is 5.96. The average Bonchev–Trinajstić information content (AvgIpc) is 2.35. The number of carbonyl (C=O) groups is 2. The van der Waals surface area contributed by atoms with Gasteiger partial charge in [0.2, 0.25) is 5.91 Å². The van der Waals surface area contributed by atoms with Crippen molar-refractivity contribution in [2.75, 3.05) is 18.4 Å². The van der Waals surface area contributed by atoms with Crippen molar-refractivity contribution in [3.63, 3.8) is 0 Å². The van der Waals surface area contributed by atoms with Crippen LogP contribution >= 0.6 is 0 Å². The second-order valence-electron chi connectivity index (χ2n) is 4.05. The Bertz CT molecular complexity index is 457. The molecule has 0 saturated heterocycles. The van der Waals surface area contributed by atoms with Gasteiger partial charge in [-0.15, -0.1) is 0 Å². The molecule has 0 aliphatic carbocycles. The molecule has 1 aliphatic heterocycles. The molecule has 0 radical (unpaired) electrons. The Morgan fingerprint density at radius 3 is 3.00 bits per heavy atom. The second kappa shape index (κ2) is 4.86. The lowest BCUT2D eigenvalue weighted by Gasteiger charge is -2.18. The predicted molar refractivity (Wildman–Crippen MR) is 64.8 cm³/mol. The lowest BCUT2D eigenvalue weighted by Crippen LogP contribution is -2.33. The number of anilines is 1. The Morgan fingerprint density at radius 2 is 2.24 bits per heavy atom. The fourth-order valence-corrected chi connectivity index (χ4v) is 1.89. The van der Waals surface area contributed by atoms with Crippen LogP contribution in [0.3, 0.4) is 0 Å². The molecule has 0 aromatic heterocycles. The van der Waals surface area contributed by atoms with Crippen LogP contribution in [0.5, 0.6) is 0 Å². The first kappa shape index (κ1) is 11.4. The lowest BCUT2D eigenvalue weighted by atomic mass is 10.0. The molecule has 0 unspecified atom stereocenters. The van der Waals surface area contributed by atoms with Crippen molar-refractivity contribution in [3.05, 3.63) is 29.3 Å². The van der Waals surface area contributed by atoms with E-state index in [1.165, 1.54) is 0 Å². The zero-order valence-electron chi connectivity index (χ0n) is 9.45. The third-order valence-electron chi connectivity index (χ3n) is 2.73. The van der Waals surface area contributed by atoms with E-state index in [9.17, 15) is 9.59 Å². The number of primary amides is 1. The molecule has 5 nitrogen and oxygen atoms in total. The molecule has 0 atom stereocenters. The Morgan fingerprint density at radius 1 is 1.41 bits per heavy atom. The molecule has 1 aliphatic rings. The number of nitrogens with one attached hydrogen (secondary N) is 2. The van der Waals surface area contributed by atoms with Gasteiger partial charge >= 0.3 is 0 Å². The smallest absolute Gasteiger partial charge is 0.251 e. The molecule has 0 bridgehead atoms. The van der Waals surface area contributed by atoms with Crippen LogP contribution in [0.2, 0.25) is 0 Å². The number of amides is 2. The summed E-state index contributed by atoms with van der Waals surface area (Å²) in [5, 5.41) is 5.74. The van der Waals surface area contributed by atoms with Crippen LogP contribution in [0.1, 0.15) is 22.3 Å². The highest BCUT2D eigenvalue weighted by Gasteiger charge is 2.12. The quantitative estimate of drug-likeness (QED) is 0.700. The normalized spacial score (nSPS) is 13.4. The zero-order chi connectivity index (χ0) is 12.3. The Hall–Kier alpha value is -2.04. The summed E-state index contributed by atoms with van der Waals surface area (Å²) in [7, 11) is 0. The first-order valence-electron chi connectivity index (χ1n) is 5.60. The number of rotatable bonds is 3. The van der Waals surface area contributed by atoms with Crippen molar-refractivity contribution >= 4 is 17.5 Å². The number of aryl methyl sites for hydroxylation is 1. The lowest BCUT2D eigenvalue weighted by molar-refractivity contribution is -0.117. The van der Waals surface area contributed by atoms with E-state index in [1.54, 1.807) is 6.07 Å². The molecule has 90 valence electrons. The summed E-state index contributed by atoms with van der Waals surface area (Å²) in [6.07, 6.45) is 2.04. The first-order chi connectivity index (χ1) is 8.16. The minimum Gasteiger partial charge on any atom is -0.385 e. The molecular formula is C12H15N3O2. The molecule has 5 heteroatoms. The van der Waals surface area contributed by atoms with Gasteiger partial charge in [0.1, 0.15) is 0 Å². The average molecular weight is 233 g/mol. The number of fused-ring (bicyclic) bond motifs is 1. The van der Waals surface area contributed by atoms with E-state index in [0.717, 1.165) is 30.6 Å². The minimum absolute atomic E-state index is 0.131. The summed E-state index contributed by atoms with van der Waals surface area (Å²) in [5.41, 5.74) is 7.76. The van der Waals surface area contributed by atoms with E-state index in [4.69, 9.17) is 5.73 Å². The zero-order valence-corrected chi connectivity index (χ0v) is 9.45. The Balaban J connectivity index is 2.11. The summed E-state index contributed by atoms with van der Waals surface area (Å²) >= 11 is 0. The van der Waals surface area contributed by atoms with Gasteiger partial charge in [-0.2, -0.15) is 0 Å². The molecule has 0 fully saturated rings. The number of hydrogen-bond acceptors (Lipinski definition) is 3. The molecule has 17 heavy (non-hydrogen) atoms. The maximum Gasteiger partial charge on any atom is 0.251 e. The van der Waals surface area contributed by atoms with Crippen molar-refractivity contribution in [3.8, 4) is 0 Å². The summed E-state index contributed by atoms with van der Waals surface area (Å²) in [6, 6.07) is 5.50. The Kier molecular flexibility index (Phi) is 3.27. The number of carbonyl (C=O) groups excluding carboxylic acids is 2. The van der Waals surface area contributed by atoms with Gasteiger partial charge in [-0.05, 0) is 36.6 Å². The standard InChI is InChI=1S/C12H15N3O2/c13-11(16)7-15-12(17)9-3-4-10-8(6-9)2-1-5-14-10/h3-4,6,14H,1-2,5,7H2,(H2,13,16)(H,15,17). The molecule has 4 N–H and O–H groups in total. The fraction of sp³-hybridized carbons (Fsp3) is 0.333. The molecule has 0 saturated carbocycles. The highest BCUT2D eigenvalue weighted by Crippen LogP contribution is 2.22. The van der Waals surface area contributed by atoms with Crippen molar-refractivity contribution in [2.45, 2.75) is 12.8 Å². The summed E-state index contributed by atoms with van der Waals surface area (Å²) in [5.74, 6) is -0.810. The summed E-state index contributed by atoms with van der Waals surface area (Å²) < 4.78 is 0. The van der Waals surface area contributed by atoms with Crippen LogP contribution in [0.15, 0.2) is 18.2 Å². The largest absolute Gasteiger partial charge is 0.385 e. The van der Waals surface area contributed by atoms with E-state index in [-0.39, 0.29) is 12.5 Å². The second-order valence-corrected chi connectivity index (χ2v) is 4.05. The number of benzene rings is 1. The van der Waals surface area contributed by atoms with E-state index in [2.05, 4.69) is 10.6 Å².